The van der Waals surface area contributed by atoms with Gasteiger partial charge in [0.05, 0.1) is 6.54 Å². The van der Waals surface area contributed by atoms with E-state index in [1.165, 1.54) is 27.8 Å². The van der Waals surface area contributed by atoms with Crippen molar-refractivity contribution in [3.05, 3.63) is 58.9 Å². The molecule has 0 saturated carbocycles. The summed E-state index contributed by atoms with van der Waals surface area (Å²) in [6.07, 6.45) is 3.12. The lowest BCUT2D eigenvalue weighted by atomic mass is 10.2. The molecule has 7 nitrogen and oxygen atoms in total. The number of benzene rings is 1. The molecule has 9 heteroatoms. The van der Waals surface area contributed by atoms with Gasteiger partial charge in [0, 0.05) is 18.3 Å². The van der Waals surface area contributed by atoms with E-state index in [9.17, 15) is 9.18 Å². The van der Waals surface area contributed by atoms with Crippen molar-refractivity contribution in [2.75, 3.05) is 5.32 Å². The highest BCUT2D eigenvalue weighted by atomic mass is 35.5. The van der Waals surface area contributed by atoms with Gasteiger partial charge >= 0.3 is 0 Å². The fourth-order valence-corrected chi connectivity index (χ4v) is 2.18. The first-order valence-corrected chi connectivity index (χ1v) is 7.03. The second-order valence-electron chi connectivity index (χ2n) is 4.83. The molecule has 0 radical (unpaired) electrons. The Labute approximate surface area is 135 Å². The summed E-state index contributed by atoms with van der Waals surface area (Å²) in [6, 6.07) is 5.72. The van der Waals surface area contributed by atoms with E-state index < -0.39 is 11.7 Å². The van der Waals surface area contributed by atoms with Gasteiger partial charge < -0.3 is 0 Å². The minimum atomic E-state index is -0.402. The third kappa shape index (κ3) is 3.54. The predicted octanol–water partition coefficient (Wildman–Crippen LogP) is 2.10. The molecule has 1 N–H and O–H groups in total. The van der Waals surface area contributed by atoms with Gasteiger partial charge in [-0.3, -0.25) is 14.8 Å². The van der Waals surface area contributed by atoms with Crippen molar-refractivity contribution in [1.29, 1.82) is 0 Å². The molecular formula is C14H12ClFN6O. The van der Waals surface area contributed by atoms with Gasteiger partial charge in [-0.2, -0.15) is 5.10 Å². The Kier molecular flexibility index (Phi) is 4.07. The number of anilines is 1. The van der Waals surface area contributed by atoms with Crippen LogP contribution in [-0.2, 0) is 13.6 Å². The summed E-state index contributed by atoms with van der Waals surface area (Å²) in [6.45, 7) is 0.311. The molecule has 0 aliphatic heterocycles. The largest absolute Gasteiger partial charge is 0.288 e. The van der Waals surface area contributed by atoms with Crippen LogP contribution in [0.15, 0.2) is 36.8 Å². The van der Waals surface area contributed by atoms with E-state index in [1.54, 1.807) is 25.4 Å². The first-order valence-electron chi connectivity index (χ1n) is 6.65. The molecule has 0 fully saturated rings. The first kappa shape index (κ1) is 15.2. The highest BCUT2D eigenvalue weighted by Gasteiger charge is 2.12. The molecule has 3 aromatic rings. The third-order valence-electron chi connectivity index (χ3n) is 3.06. The standard InChI is InChI=1S/C14H12ClFN6O/c1-21-5-4-12(19-21)13(23)18-14-17-8-22(20-14)7-9-2-3-10(16)6-11(9)15/h2-6,8H,7H2,1H3,(H,18,20,23). The van der Waals surface area contributed by atoms with Crippen molar-refractivity contribution in [2.45, 2.75) is 6.54 Å². The van der Waals surface area contributed by atoms with Crippen molar-refractivity contribution in [3.63, 3.8) is 0 Å². The summed E-state index contributed by atoms with van der Waals surface area (Å²) in [5.74, 6) is -0.650. The van der Waals surface area contributed by atoms with E-state index in [-0.39, 0.29) is 11.6 Å². The van der Waals surface area contributed by atoms with Crippen LogP contribution in [0.1, 0.15) is 16.1 Å². The molecular weight excluding hydrogens is 323 g/mol. The number of nitrogens with one attached hydrogen (secondary N) is 1. The summed E-state index contributed by atoms with van der Waals surface area (Å²) in [7, 11) is 1.72. The topological polar surface area (TPSA) is 77.6 Å². The number of hydrogen-bond donors (Lipinski definition) is 1. The molecule has 118 valence electrons. The lowest BCUT2D eigenvalue weighted by molar-refractivity contribution is 0.102. The maximum Gasteiger partial charge on any atom is 0.278 e. The van der Waals surface area contributed by atoms with Gasteiger partial charge in [-0.15, -0.1) is 5.10 Å². The van der Waals surface area contributed by atoms with Crippen molar-refractivity contribution < 1.29 is 9.18 Å². The van der Waals surface area contributed by atoms with Gasteiger partial charge in [0.25, 0.3) is 5.91 Å². The number of aromatic nitrogens is 5. The molecule has 23 heavy (non-hydrogen) atoms. The molecule has 2 heterocycles. The number of rotatable bonds is 4. The van der Waals surface area contributed by atoms with Crippen LogP contribution in [0, 0.1) is 5.82 Å². The Bertz CT molecular complexity index is 859. The van der Waals surface area contributed by atoms with E-state index in [4.69, 9.17) is 11.6 Å². The highest BCUT2D eigenvalue weighted by Crippen LogP contribution is 2.18. The molecule has 0 unspecified atom stereocenters. The lowest BCUT2D eigenvalue weighted by Crippen LogP contribution is -2.14. The normalized spacial score (nSPS) is 10.7. The molecule has 0 bridgehead atoms. The number of amides is 1. The number of aryl methyl sites for hydroxylation is 1. The van der Waals surface area contributed by atoms with Crippen LogP contribution in [0.4, 0.5) is 10.3 Å². The van der Waals surface area contributed by atoms with Crippen LogP contribution in [0.2, 0.25) is 5.02 Å². The SMILES string of the molecule is Cn1ccc(C(=O)Nc2ncn(Cc3ccc(F)cc3Cl)n2)n1. The average Bonchev–Trinajstić information content (AvgIpc) is 3.11. The summed E-state index contributed by atoms with van der Waals surface area (Å²) >= 11 is 5.97. The molecule has 0 saturated heterocycles. The van der Waals surface area contributed by atoms with Crippen LogP contribution >= 0.6 is 11.6 Å². The summed E-state index contributed by atoms with van der Waals surface area (Å²) in [4.78, 5) is 15.9. The van der Waals surface area contributed by atoms with E-state index in [1.807, 2.05) is 0 Å². The minimum absolute atomic E-state index is 0.152. The molecule has 3 rings (SSSR count). The Morgan fingerprint density at radius 3 is 2.87 bits per heavy atom. The van der Waals surface area contributed by atoms with Gasteiger partial charge in [0.2, 0.25) is 5.95 Å². The van der Waals surface area contributed by atoms with Crippen LogP contribution in [0.3, 0.4) is 0 Å². The van der Waals surface area contributed by atoms with Crippen molar-refractivity contribution in [3.8, 4) is 0 Å². The number of nitrogens with zero attached hydrogens (tertiary/aromatic N) is 5. The number of halogens is 2. The molecule has 0 aliphatic rings. The fraction of sp³-hybridized carbons (Fsp3) is 0.143. The van der Waals surface area contributed by atoms with Gasteiger partial charge in [0.1, 0.15) is 12.1 Å². The molecule has 0 atom stereocenters. The maximum atomic E-state index is 13.0. The van der Waals surface area contributed by atoms with Crippen molar-refractivity contribution >= 4 is 23.5 Å². The zero-order chi connectivity index (χ0) is 16.4. The number of carbonyl (C=O) groups is 1. The van der Waals surface area contributed by atoms with Gasteiger partial charge in [-0.1, -0.05) is 17.7 Å². The molecule has 0 spiro atoms. The monoisotopic (exact) mass is 334 g/mol. The molecule has 0 aliphatic carbocycles. The first-order chi connectivity index (χ1) is 11.0. The van der Waals surface area contributed by atoms with E-state index >= 15 is 0 Å². The second kappa shape index (κ2) is 6.17. The Morgan fingerprint density at radius 1 is 1.35 bits per heavy atom. The van der Waals surface area contributed by atoms with Crippen LogP contribution in [0.25, 0.3) is 0 Å². The van der Waals surface area contributed by atoms with Gasteiger partial charge in [0.15, 0.2) is 5.69 Å². The summed E-state index contributed by atoms with van der Waals surface area (Å²) in [5.41, 5.74) is 0.964. The van der Waals surface area contributed by atoms with Gasteiger partial charge in [-0.25, -0.2) is 14.1 Å². The smallest absolute Gasteiger partial charge is 0.278 e. The maximum absolute atomic E-state index is 13.0. The average molecular weight is 335 g/mol. The van der Waals surface area contributed by atoms with E-state index in [0.717, 1.165) is 0 Å². The zero-order valence-corrected chi connectivity index (χ0v) is 12.8. The Balaban J connectivity index is 1.69. The summed E-state index contributed by atoms with van der Waals surface area (Å²) < 4.78 is 16.0. The van der Waals surface area contributed by atoms with Crippen molar-refractivity contribution in [2.24, 2.45) is 7.05 Å². The minimum Gasteiger partial charge on any atom is -0.288 e. The summed E-state index contributed by atoms with van der Waals surface area (Å²) in [5, 5.41) is 11.0. The van der Waals surface area contributed by atoms with Crippen LogP contribution in [-0.4, -0.2) is 30.5 Å². The van der Waals surface area contributed by atoms with Crippen molar-refractivity contribution in [1.82, 2.24) is 24.5 Å². The van der Waals surface area contributed by atoms with E-state index in [0.29, 0.717) is 17.1 Å². The molecule has 1 amide bonds. The highest BCUT2D eigenvalue weighted by molar-refractivity contribution is 6.31. The molecule has 2 aromatic heterocycles. The quantitative estimate of drug-likeness (QED) is 0.792. The van der Waals surface area contributed by atoms with Crippen LogP contribution in [0.5, 0.6) is 0 Å². The second-order valence-corrected chi connectivity index (χ2v) is 5.24. The predicted molar refractivity (Wildman–Crippen MR) is 81.7 cm³/mol. The third-order valence-corrected chi connectivity index (χ3v) is 3.41. The Morgan fingerprint density at radius 2 is 2.17 bits per heavy atom. The van der Waals surface area contributed by atoms with Gasteiger partial charge in [-0.05, 0) is 23.8 Å². The fourth-order valence-electron chi connectivity index (χ4n) is 1.95. The van der Waals surface area contributed by atoms with Crippen LogP contribution < -0.4 is 5.32 Å². The number of hydrogen-bond acceptors (Lipinski definition) is 4. The lowest BCUT2D eigenvalue weighted by Gasteiger charge is -2.03. The number of carbonyl (C=O) groups excluding carboxylic acids is 1. The molecule has 1 aromatic carbocycles. The van der Waals surface area contributed by atoms with E-state index in [2.05, 4.69) is 20.5 Å². The zero-order valence-electron chi connectivity index (χ0n) is 12.1. The Hall–Kier alpha value is -2.74.